The monoisotopic (exact) mass is 428 g/mol. The smallest absolute Gasteiger partial charge is 0.278 e. The Morgan fingerprint density at radius 2 is 2.03 bits per heavy atom. The standard InChI is InChI=1S/C22H28N4O3S/c1-5-15(2)23-18(27)14-30-22-24-19-17(16-9-7-6-8-10-16)13-25(3)20(19)21(28)26(22)11-12-29-4/h6-10,13,15H,5,11-12,14H2,1-4H3,(H,23,27). The molecule has 0 aliphatic heterocycles. The average Bonchev–Trinajstić information content (AvgIpc) is 3.08. The molecule has 3 rings (SSSR count). The van der Waals surface area contributed by atoms with Crippen LogP contribution in [0.1, 0.15) is 20.3 Å². The predicted molar refractivity (Wildman–Crippen MR) is 121 cm³/mol. The first-order valence-corrected chi connectivity index (χ1v) is 11.0. The zero-order valence-electron chi connectivity index (χ0n) is 17.8. The first kappa shape index (κ1) is 22.1. The Morgan fingerprint density at radius 3 is 2.70 bits per heavy atom. The van der Waals surface area contributed by atoms with Gasteiger partial charge in [-0.25, -0.2) is 4.98 Å². The summed E-state index contributed by atoms with van der Waals surface area (Å²) in [5.41, 5.74) is 2.95. The number of aryl methyl sites for hydroxylation is 1. The summed E-state index contributed by atoms with van der Waals surface area (Å²) < 4.78 is 8.60. The third kappa shape index (κ3) is 4.76. The summed E-state index contributed by atoms with van der Waals surface area (Å²) >= 11 is 1.28. The van der Waals surface area contributed by atoms with Crippen LogP contribution in [0.5, 0.6) is 0 Å². The number of nitrogens with one attached hydrogen (secondary N) is 1. The quantitative estimate of drug-likeness (QED) is 0.419. The van der Waals surface area contributed by atoms with Gasteiger partial charge >= 0.3 is 0 Å². The molecule has 1 N–H and O–H groups in total. The van der Waals surface area contributed by atoms with Crippen molar-refractivity contribution in [3.05, 3.63) is 46.9 Å². The van der Waals surface area contributed by atoms with Crippen LogP contribution < -0.4 is 10.9 Å². The highest BCUT2D eigenvalue weighted by molar-refractivity contribution is 7.99. The van der Waals surface area contributed by atoms with E-state index in [4.69, 9.17) is 9.72 Å². The Labute approximate surface area is 180 Å². The van der Waals surface area contributed by atoms with Crippen LogP contribution in [0.2, 0.25) is 0 Å². The Hall–Kier alpha value is -2.58. The topological polar surface area (TPSA) is 78.2 Å². The maximum Gasteiger partial charge on any atom is 0.278 e. The van der Waals surface area contributed by atoms with E-state index >= 15 is 0 Å². The highest BCUT2D eigenvalue weighted by Crippen LogP contribution is 2.29. The molecule has 0 aliphatic carbocycles. The summed E-state index contributed by atoms with van der Waals surface area (Å²) in [6.45, 7) is 4.75. The van der Waals surface area contributed by atoms with Crippen molar-refractivity contribution >= 4 is 28.7 Å². The lowest BCUT2D eigenvalue weighted by Gasteiger charge is -2.14. The number of benzene rings is 1. The maximum absolute atomic E-state index is 13.3. The summed E-state index contributed by atoms with van der Waals surface area (Å²) in [5.74, 6) is 0.126. The van der Waals surface area contributed by atoms with Gasteiger partial charge in [-0.05, 0) is 18.9 Å². The van der Waals surface area contributed by atoms with E-state index in [2.05, 4.69) is 5.32 Å². The maximum atomic E-state index is 13.3. The number of amides is 1. The number of hydrogen-bond acceptors (Lipinski definition) is 5. The Morgan fingerprint density at radius 1 is 1.30 bits per heavy atom. The minimum atomic E-state index is -0.133. The van der Waals surface area contributed by atoms with Crippen molar-refractivity contribution < 1.29 is 9.53 Å². The lowest BCUT2D eigenvalue weighted by atomic mass is 10.1. The fourth-order valence-electron chi connectivity index (χ4n) is 3.22. The lowest BCUT2D eigenvalue weighted by molar-refractivity contribution is -0.119. The fourth-order valence-corrected chi connectivity index (χ4v) is 4.05. The van der Waals surface area contributed by atoms with Gasteiger partial charge in [-0.1, -0.05) is 49.0 Å². The molecule has 0 radical (unpaired) electrons. The molecule has 1 amide bonds. The fraction of sp³-hybridized carbons (Fsp3) is 0.409. The number of nitrogens with zero attached hydrogens (tertiary/aromatic N) is 3. The van der Waals surface area contributed by atoms with Crippen molar-refractivity contribution in [3.63, 3.8) is 0 Å². The zero-order chi connectivity index (χ0) is 21.7. The van der Waals surface area contributed by atoms with Crippen molar-refractivity contribution in [1.82, 2.24) is 19.4 Å². The van der Waals surface area contributed by atoms with Gasteiger partial charge in [0.05, 0.1) is 18.9 Å². The van der Waals surface area contributed by atoms with Gasteiger partial charge in [0, 0.05) is 32.0 Å². The number of methoxy groups -OCH3 is 1. The summed E-state index contributed by atoms with van der Waals surface area (Å²) in [4.78, 5) is 30.4. The van der Waals surface area contributed by atoms with E-state index in [1.54, 1.807) is 11.7 Å². The van der Waals surface area contributed by atoms with E-state index in [0.717, 1.165) is 17.5 Å². The second-order valence-electron chi connectivity index (χ2n) is 7.23. The molecule has 30 heavy (non-hydrogen) atoms. The van der Waals surface area contributed by atoms with E-state index in [9.17, 15) is 9.59 Å². The van der Waals surface area contributed by atoms with E-state index in [0.29, 0.717) is 29.3 Å². The van der Waals surface area contributed by atoms with Crippen LogP contribution in [0.3, 0.4) is 0 Å². The first-order chi connectivity index (χ1) is 14.5. The number of fused-ring (bicyclic) bond motifs is 1. The minimum absolute atomic E-state index is 0.0710. The summed E-state index contributed by atoms with van der Waals surface area (Å²) in [7, 11) is 3.45. The molecule has 0 aliphatic rings. The van der Waals surface area contributed by atoms with Crippen molar-refractivity contribution in [2.24, 2.45) is 7.05 Å². The molecule has 8 heteroatoms. The van der Waals surface area contributed by atoms with Crippen LogP contribution >= 0.6 is 11.8 Å². The third-order valence-electron chi connectivity index (χ3n) is 5.00. The largest absolute Gasteiger partial charge is 0.383 e. The van der Waals surface area contributed by atoms with Gasteiger partial charge in [0.1, 0.15) is 11.0 Å². The molecular weight excluding hydrogens is 400 g/mol. The molecule has 0 bridgehead atoms. The number of carbonyl (C=O) groups is 1. The molecule has 1 atom stereocenters. The predicted octanol–water partition coefficient (Wildman–Crippen LogP) is 3.06. The second kappa shape index (κ2) is 9.95. The van der Waals surface area contributed by atoms with Crippen molar-refractivity contribution in [1.29, 1.82) is 0 Å². The van der Waals surface area contributed by atoms with E-state index < -0.39 is 0 Å². The van der Waals surface area contributed by atoms with Gasteiger partial charge in [0.2, 0.25) is 5.91 Å². The Bertz CT molecular complexity index is 1080. The van der Waals surface area contributed by atoms with Crippen LogP contribution in [0, 0.1) is 0 Å². The molecule has 0 fully saturated rings. The first-order valence-electron chi connectivity index (χ1n) is 10.0. The summed E-state index contributed by atoms with van der Waals surface area (Å²) in [6.07, 6.45) is 2.79. The lowest BCUT2D eigenvalue weighted by Crippen LogP contribution is -2.33. The summed E-state index contributed by atoms with van der Waals surface area (Å²) in [6, 6.07) is 9.99. The normalized spacial score (nSPS) is 12.3. The molecule has 2 heterocycles. The Balaban J connectivity index is 2.05. The highest BCUT2D eigenvalue weighted by atomic mass is 32.2. The number of thioether (sulfide) groups is 1. The molecule has 0 saturated carbocycles. The van der Waals surface area contributed by atoms with Crippen LogP contribution in [0.15, 0.2) is 46.5 Å². The highest BCUT2D eigenvalue weighted by Gasteiger charge is 2.19. The number of rotatable bonds is 9. The van der Waals surface area contributed by atoms with Gasteiger partial charge < -0.3 is 14.6 Å². The summed E-state index contributed by atoms with van der Waals surface area (Å²) in [5, 5.41) is 3.47. The number of carbonyl (C=O) groups excluding carboxylic acids is 1. The van der Waals surface area contributed by atoms with Crippen LogP contribution in [-0.4, -0.2) is 45.5 Å². The van der Waals surface area contributed by atoms with Gasteiger partial charge in [0.25, 0.3) is 5.56 Å². The molecule has 1 aromatic carbocycles. The zero-order valence-corrected chi connectivity index (χ0v) is 18.7. The average molecular weight is 429 g/mol. The van der Waals surface area contributed by atoms with E-state index in [1.165, 1.54) is 11.8 Å². The van der Waals surface area contributed by atoms with Crippen LogP contribution in [0.25, 0.3) is 22.2 Å². The molecule has 160 valence electrons. The van der Waals surface area contributed by atoms with Gasteiger partial charge in [-0.15, -0.1) is 0 Å². The third-order valence-corrected chi connectivity index (χ3v) is 5.97. The van der Waals surface area contributed by atoms with Crippen LogP contribution in [0.4, 0.5) is 0 Å². The number of ether oxygens (including phenoxy) is 1. The molecule has 1 unspecified atom stereocenters. The number of hydrogen-bond donors (Lipinski definition) is 1. The van der Waals surface area contributed by atoms with Gasteiger partial charge in [-0.2, -0.15) is 0 Å². The van der Waals surface area contributed by atoms with Crippen LogP contribution in [-0.2, 0) is 23.1 Å². The molecular formula is C22H28N4O3S. The van der Waals surface area contributed by atoms with E-state index in [-0.39, 0.29) is 23.3 Å². The minimum Gasteiger partial charge on any atom is -0.383 e. The molecule has 0 spiro atoms. The van der Waals surface area contributed by atoms with E-state index in [1.807, 2.05) is 62.0 Å². The van der Waals surface area contributed by atoms with Gasteiger partial charge in [0.15, 0.2) is 5.16 Å². The number of aromatic nitrogens is 3. The van der Waals surface area contributed by atoms with Gasteiger partial charge in [-0.3, -0.25) is 14.2 Å². The SMILES string of the molecule is CCC(C)NC(=O)CSc1nc2c(-c3ccccc3)cn(C)c2c(=O)n1CCOC. The molecule has 0 saturated heterocycles. The van der Waals surface area contributed by atoms with Crippen molar-refractivity contribution in [2.45, 2.75) is 38.0 Å². The van der Waals surface area contributed by atoms with Crippen molar-refractivity contribution in [2.75, 3.05) is 19.5 Å². The molecule has 2 aromatic heterocycles. The molecule has 7 nitrogen and oxygen atoms in total. The Kier molecular flexibility index (Phi) is 7.33. The van der Waals surface area contributed by atoms with Crippen molar-refractivity contribution in [3.8, 4) is 11.1 Å². The second-order valence-corrected chi connectivity index (χ2v) is 8.17. The molecule has 3 aromatic rings.